The average Bonchev–Trinajstić information content (AvgIpc) is 3.26. The Morgan fingerprint density at radius 1 is 1.55 bits per heavy atom. The first-order chi connectivity index (χ1) is 9.60. The molecule has 1 aliphatic carbocycles. The first kappa shape index (κ1) is 14.5. The van der Waals surface area contributed by atoms with Gasteiger partial charge < -0.3 is 10.1 Å². The van der Waals surface area contributed by atoms with Crippen molar-refractivity contribution in [1.82, 2.24) is 5.32 Å². The lowest BCUT2D eigenvalue weighted by atomic mass is 10.2. The number of benzene rings is 1. The molecule has 0 aliphatic heterocycles. The van der Waals surface area contributed by atoms with Crippen LogP contribution in [0.5, 0.6) is 5.75 Å². The van der Waals surface area contributed by atoms with Crippen molar-refractivity contribution in [3.8, 4) is 5.75 Å². The fourth-order valence-corrected chi connectivity index (χ4v) is 1.77. The normalized spacial score (nSPS) is 14.1. The largest absolute Gasteiger partial charge is 0.482 e. The molecule has 1 saturated carbocycles. The van der Waals surface area contributed by atoms with E-state index in [0.717, 1.165) is 17.6 Å². The molecule has 1 fully saturated rings. The molecule has 0 bridgehead atoms. The van der Waals surface area contributed by atoms with Crippen molar-refractivity contribution in [3.63, 3.8) is 0 Å². The summed E-state index contributed by atoms with van der Waals surface area (Å²) in [5.41, 5.74) is 1.92. The summed E-state index contributed by atoms with van der Waals surface area (Å²) in [7, 11) is 0. The molecule has 1 aromatic rings. The Hall–Kier alpha value is -1.88. The highest BCUT2D eigenvalue weighted by atomic mass is 16.6. The van der Waals surface area contributed by atoms with E-state index < -0.39 is 4.92 Å². The van der Waals surface area contributed by atoms with Gasteiger partial charge in [-0.05, 0) is 36.5 Å². The number of nitrogens with one attached hydrogen (secondary N) is 1. The van der Waals surface area contributed by atoms with Crippen molar-refractivity contribution >= 4 is 5.69 Å². The van der Waals surface area contributed by atoms with Crippen LogP contribution in [0.15, 0.2) is 30.4 Å². The minimum atomic E-state index is -0.415. The van der Waals surface area contributed by atoms with Crippen molar-refractivity contribution in [1.29, 1.82) is 0 Å². The van der Waals surface area contributed by atoms with Gasteiger partial charge in [0.1, 0.15) is 6.61 Å². The van der Waals surface area contributed by atoms with E-state index in [0.29, 0.717) is 24.9 Å². The molecular weight excluding hydrogens is 256 g/mol. The van der Waals surface area contributed by atoms with E-state index in [1.54, 1.807) is 12.1 Å². The minimum absolute atomic E-state index is 0.00377. The van der Waals surface area contributed by atoms with Crippen LogP contribution in [0, 0.1) is 10.1 Å². The molecule has 108 valence electrons. The van der Waals surface area contributed by atoms with Crippen molar-refractivity contribution in [3.05, 3.63) is 46.0 Å². The van der Waals surface area contributed by atoms with Gasteiger partial charge in [0.15, 0.2) is 5.75 Å². The predicted molar refractivity (Wildman–Crippen MR) is 77.9 cm³/mol. The van der Waals surface area contributed by atoms with Crippen LogP contribution in [-0.4, -0.2) is 17.6 Å². The van der Waals surface area contributed by atoms with Crippen molar-refractivity contribution in [2.24, 2.45) is 0 Å². The summed E-state index contributed by atoms with van der Waals surface area (Å²) in [6, 6.07) is 5.63. The second-order valence-corrected chi connectivity index (χ2v) is 5.11. The van der Waals surface area contributed by atoms with Gasteiger partial charge in [0.2, 0.25) is 0 Å². The van der Waals surface area contributed by atoms with Crippen LogP contribution in [0.4, 0.5) is 5.69 Å². The Labute approximate surface area is 118 Å². The molecule has 0 spiro atoms. The number of nitrogens with zero attached hydrogens (tertiary/aromatic N) is 1. The molecule has 0 aromatic heterocycles. The lowest BCUT2D eigenvalue weighted by Crippen LogP contribution is -2.15. The summed E-state index contributed by atoms with van der Waals surface area (Å²) in [5.74, 6) is 0.319. The maximum Gasteiger partial charge on any atom is 0.310 e. The fourth-order valence-electron chi connectivity index (χ4n) is 1.77. The van der Waals surface area contributed by atoms with Crippen LogP contribution < -0.4 is 10.1 Å². The third kappa shape index (κ3) is 4.06. The number of nitro benzene ring substituents is 1. The van der Waals surface area contributed by atoms with E-state index in [1.165, 1.54) is 18.9 Å². The lowest BCUT2D eigenvalue weighted by Gasteiger charge is -2.10. The van der Waals surface area contributed by atoms with Gasteiger partial charge >= 0.3 is 5.69 Å². The van der Waals surface area contributed by atoms with E-state index in [1.807, 2.05) is 6.92 Å². The van der Waals surface area contributed by atoms with Crippen LogP contribution >= 0.6 is 0 Å². The van der Waals surface area contributed by atoms with Gasteiger partial charge in [0, 0.05) is 18.7 Å². The van der Waals surface area contributed by atoms with Crippen molar-refractivity contribution in [2.45, 2.75) is 38.8 Å². The third-order valence-corrected chi connectivity index (χ3v) is 3.32. The Kier molecular flexibility index (Phi) is 4.74. The van der Waals surface area contributed by atoms with Gasteiger partial charge in [0.05, 0.1) is 4.92 Å². The molecule has 1 N–H and O–H groups in total. The van der Waals surface area contributed by atoms with Crippen LogP contribution in [-0.2, 0) is 6.54 Å². The van der Waals surface area contributed by atoms with Gasteiger partial charge in [-0.3, -0.25) is 10.1 Å². The third-order valence-electron chi connectivity index (χ3n) is 3.32. The number of hydrogen-bond acceptors (Lipinski definition) is 4. The topological polar surface area (TPSA) is 64.4 Å². The zero-order valence-electron chi connectivity index (χ0n) is 11.7. The Morgan fingerprint density at radius 2 is 2.30 bits per heavy atom. The van der Waals surface area contributed by atoms with E-state index in [2.05, 4.69) is 11.9 Å². The van der Waals surface area contributed by atoms with Crippen LogP contribution in [0.1, 0.15) is 31.7 Å². The first-order valence-corrected chi connectivity index (χ1v) is 6.90. The summed E-state index contributed by atoms with van der Waals surface area (Å²) in [4.78, 5) is 10.6. The van der Waals surface area contributed by atoms with Gasteiger partial charge in [0.25, 0.3) is 0 Å². The Balaban J connectivity index is 2.08. The second kappa shape index (κ2) is 6.52. The lowest BCUT2D eigenvalue weighted by molar-refractivity contribution is -0.385. The zero-order valence-corrected chi connectivity index (χ0v) is 11.7. The Bertz CT molecular complexity index is 510. The standard InChI is InChI=1S/C15H20N2O3/c1-3-11(2)10-20-15-8-12(9-16-13-5-6-13)4-7-14(15)17(18)19/h4,7-8,13,16H,2-3,5-6,9-10H2,1H3. The number of hydrogen-bond donors (Lipinski definition) is 1. The van der Waals surface area contributed by atoms with Gasteiger partial charge in [-0.25, -0.2) is 0 Å². The highest BCUT2D eigenvalue weighted by molar-refractivity contribution is 5.48. The monoisotopic (exact) mass is 276 g/mol. The second-order valence-electron chi connectivity index (χ2n) is 5.11. The van der Waals surface area contributed by atoms with Gasteiger partial charge in [-0.2, -0.15) is 0 Å². The molecule has 0 unspecified atom stereocenters. The molecule has 1 aliphatic rings. The molecule has 0 heterocycles. The molecule has 5 nitrogen and oxygen atoms in total. The molecule has 0 atom stereocenters. The fraction of sp³-hybridized carbons (Fsp3) is 0.467. The van der Waals surface area contributed by atoms with Crippen LogP contribution in [0.3, 0.4) is 0 Å². The molecule has 0 radical (unpaired) electrons. The number of ether oxygens (including phenoxy) is 1. The molecule has 5 heteroatoms. The maximum atomic E-state index is 11.0. The quantitative estimate of drug-likeness (QED) is 0.450. The van der Waals surface area contributed by atoms with Crippen LogP contribution in [0.2, 0.25) is 0 Å². The van der Waals surface area contributed by atoms with E-state index in [4.69, 9.17) is 4.74 Å². The molecule has 0 amide bonds. The highest BCUT2D eigenvalue weighted by Gasteiger charge is 2.21. The van der Waals surface area contributed by atoms with E-state index in [9.17, 15) is 10.1 Å². The molecule has 20 heavy (non-hydrogen) atoms. The first-order valence-electron chi connectivity index (χ1n) is 6.90. The van der Waals surface area contributed by atoms with E-state index in [-0.39, 0.29) is 5.69 Å². The summed E-state index contributed by atoms with van der Waals surface area (Å²) < 4.78 is 5.55. The van der Waals surface area contributed by atoms with Crippen LogP contribution in [0.25, 0.3) is 0 Å². The minimum Gasteiger partial charge on any atom is -0.482 e. The number of rotatable bonds is 8. The predicted octanol–water partition coefficient (Wildman–Crippen LogP) is 3.19. The number of nitro groups is 1. The van der Waals surface area contributed by atoms with Gasteiger partial charge in [-0.15, -0.1) is 0 Å². The smallest absolute Gasteiger partial charge is 0.310 e. The highest BCUT2D eigenvalue weighted by Crippen LogP contribution is 2.29. The zero-order chi connectivity index (χ0) is 14.5. The Morgan fingerprint density at radius 3 is 2.90 bits per heavy atom. The molecule has 2 rings (SSSR count). The summed E-state index contributed by atoms with van der Waals surface area (Å²) in [6.07, 6.45) is 3.23. The van der Waals surface area contributed by atoms with E-state index >= 15 is 0 Å². The molecule has 0 saturated heterocycles. The summed E-state index contributed by atoms with van der Waals surface area (Å²) in [5, 5.41) is 14.4. The molecular formula is C15H20N2O3. The van der Waals surface area contributed by atoms with Gasteiger partial charge in [-0.1, -0.05) is 19.6 Å². The van der Waals surface area contributed by atoms with Crippen molar-refractivity contribution < 1.29 is 9.66 Å². The average molecular weight is 276 g/mol. The summed E-state index contributed by atoms with van der Waals surface area (Å²) in [6.45, 7) is 6.86. The van der Waals surface area contributed by atoms with Crippen molar-refractivity contribution in [2.75, 3.05) is 6.61 Å². The molecule has 1 aromatic carbocycles. The maximum absolute atomic E-state index is 11.0. The summed E-state index contributed by atoms with van der Waals surface area (Å²) >= 11 is 0. The SMILES string of the molecule is C=C(CC)COc1cc(CNC2CC2)ccc1[N+](=O)[O-].